The van der Waals surface area contributed by atoms with Crippen LogP contribution in [0.5, 0.6) is 0 Å². The second-order valence-electron chi connectivity index (χ2n) is 6.70. The van der Waals surface area contributed by atoms with Crippen molar-refractivity contribution in [3.05, 3.63) is 48.2 Å². The summed E-state index contributed by atoms with van der Waals surface area (Å²) in [6.07, 6.45) is 2.05. The highest BCUT2D eigenvalue weighted by molar-refractivity contribution is 5.96. The Bertz CT molecular complexity index is 898. The van der Waals surface area contributed by atoms with Crippen LogP contribution in [0.2, 0.25) is 0 Å². The van der Waals surface area contributed by atoms with Crippen LogP contribution in [0.15, 0.2) is 36.9 Å². The lowest BCUT2D eigenvalue weighted by Gasteiger charge is -2.24. The van der Waals surface area contributed by atoms with Crippen LogP contribution in [0.1, 0.15) is 29.4 Å². The number of amides is 2. The monoisotopic (exact) mass is 381 g/mol. The molecule has 0 aliphatic carbocycles. The summed E-state index contributed by atoms with van der Waals surface area (Å²) in [6, 6.07) is 7.51. The maximum Gasteiger partial charge on any atom is 0.273 e. The molecule has 2 amide bonds. The van der Waals surface area contributed by atoms with Crippen LogP contribution in [0, 0.1) is 6.92 Å². The van der Waals surface area contributed by atoms with E-state index in [0.29, 0.717) is 6.54 Å². The van der Waals surface area contributed by atoms with Gasteiger partial charge < -0.3 is 21.3 Å². The first-order chi connectivity index (χ1) is 13.4. The Balaban J connectivity index is 1.81. The highest BCUT2D eigenvalue weighted by atomic mass is 16.2. The molecule has 1 saturated heterocycles. The third kappa shape index (κ3) is 4.08. The first-order valence-electron chi connectivity index (χ1n) is 8.97. The quantitative estimate of drug-likeness (QED) is 0.649. The molecule has 1 aromatic heterocycles. The summed E-state index contributed by atoms with van der Waals surface area (Å²) in [5.41, 5.74) is 7.21. The summed E-state index contributed by atoms with van der Waals surface area (Å²) < 4.78 is 0. The summed E-state index contributed by atoms with van der Waals surface area (Å²) in [4.78, 5) is 29.7. The standard InChI is InChI=1S/C19H23N7O2/c1-4-15(27)26-10-9-14(12(26)3)22-19-23-18(16(17(20)28)24-25-19)21-13-7-5-11(2)6-8-13/h4-8,12,14H,1,9-10H2,2-3H3,(H2,20,28)(H2,21,22,23,25)/t12-,14-/m1/s1. The molecular formula is C19H23N7O2. The fraction of sp³-hybridized carbons (Fsp3) is 0.316. The van der Waals surface area contributed by atoms with Gasteiger partial charge in [-0.3, -0.25) is 9.59 Å². The number of hydrogen-bond acceptors (Lipinski definition) is 7. The molecule has 0 radical (unpaired) electrons. The molecule has 0 saturated carbocycles. The summed E-state index contributed by atoms with van der Waals surface area (Å²) in [7, 11) is 0. The minimum absolute atomic E-state index is 0.0441. The molecule has 0 bridgehead atoms. The molecule has 1 aliphatic heterocycles. The van der Waals surface area contributed by atoms with Gasteiger partial charge in [0, 0.05) is 18.3 Å². The second-order valence-corrected chi connectivity index (χ2v) is 6.70. The Morgan fingerprint density at radius 1 is 1.29 bits per heavy atom. The number of nitrogens with two attached hydrogens (primary N) is 1. The van der Waals surface area contributed by atoms with Gasteiger partial charge in [0.05, 0.1) is 6.04 Å². The van der Waals surface area contributed by atoms with Crippen molar-refractivity contribution in [2.24, 2.45) is 5.73 Å². The highest BCUT2D eigenvalue weighted by Gasteiger charge is 2.33. The number of carbonyl (C=O) groups is 2. The lowest BCUT2D eigenvalue weighted by Crippen LogP contribution is -2.39. The van der Waals surface area contributed by atoms with Gasteiger partial charge in [-0.1, -0.05) is 24.3 Å². The number of aromatic nitrogens is 3. The summed E-state index contributed by atoms with van der Waals surface area (Å²) >= 11 is 0. The van der Waals surface area contributed by atoms with E-state index < -0.39 is 5.91 Å². The van der Waals surface area contributed by atoms with E-state index in [1.165, 1.54) is 6.08 Å². The predicted octanol–water partition coefficient (Wildman–Crippen LogP) is 1.61. The van der Waals surface area contributed by atoms with E-state index in [4.69, 9.17) is 5.73 Å². The van der Waals surface area contributed by atoms with Crippen molar-refractivity contribution in [2.75, 3.05) is 17.2 Å². The molecule has 2 atom stereocenters. The lowest BCUT2D eigenvalue weighted by molar-refractivity contribution is -0.126. The Morgan fingerprint density at radius 3 is 2.64 bits per heavy atom. The van der Waals surface area contributed by atoms with Gasteiger partial charge in [0.1, 0.15) is 0 Å². The maximum absolute atomic E-state index is 11.9. The fourth-order valence-electron chi connectivity index (χ4n) is 3.14. The van der Waals surface area contributed by atoms with Gasteiger partial charge in [-0.05, 0) is 38.5 Å². The fourth-order valence-corrected chi connectivity index (χ4v) is 3.14. The smallest absolute Gasteiger partial charge is 0.273 e. The molecule has 1 aliphatic rings. The predicted molar refractivity (Wildman–Crippen MR) is 106 cm³/mol. The zero-order chi connectivity index (χ0) is 20.3. The van der Waals surface area contributed by atoms with E-state index in [0.717, 1.165) is 17.7 Å². The molecule has 3 rings (SSSR count). The van der Waals surface area contributed by atoms with E-state index in [9.17, 15) is 9.59 Å². The van der Waals surface area contributed by atoms with Crippen LogP contribution >= 0.6 is 0 Å². The van der Waals surface area contributed by atoms with Crippen molar-refractivity contribution in [3.8, 4) is 0 Å². The van der Waals surface area contributed by atoms with Crippen LogP contribution in [-0.2, 0) is 4.79 Å². The Hall–Kier alpha value is -3.49. The summed E-state index contributed by atoms with van der Waals surface area (Å²) in [5, 5.41) is 14.1. The molecule has 9 nitrogen and oxygen atoms in total. The number of benzene rings is 1. The van der Waals surface area contributed by atoms with Crippen molar-refractivity contribution in [1.82, 2.24) is 20.1 Å². The summed E-state index contributed by atoms with van der Waals surface area (Å²) in [5.74, 6) is -0.359. The third-order valence-electron chi connectivity index (χ3n) is 4.76. The molecule has 1 aromatic carbocycles. The van der Waals surface area contributed by atoms with Crippen molar-refractivity contribution in [2.45, 2.75) is 32.4 Å². The Morgan fingerprint density at radius 2 is 2.00 bits per heavy atom. The van der Waals surface area contributed by atoms with Crippen LogP contribution in [0.3, 0.4) is 0 Å². The van der Waals surface area contributed by atoms with Crippen LogP contribution in [0.4, 0.5) is 17.5 Å². The second kappa shape index (κ2) is 8.03. The molecule has 0 unspecified atom stereocenters. The van der Waals surface area contributed by atoms with Crippen molar-refractivity contribution < 1.29 is 9.59 Å². The van der Waals surface area contributed by atoms with Gasteiger partial charge in [-0.2, -0.15) is 4.98 Å². The topological polar surface area (TPSA) is 126 Å². The zero-order valence-electron chi connectivity index (χ0n) is 15.8. The van der Waals surface area contributed by atoms with Gasteiger partial charge in [0.2, 0.25) is 11.9 Å². The molecule has 146 valence electrons. The van der Waals surface area contributed by atoms with Gasteiger partial charge >= 0.3 is 0 Å². The van der Waals surface area contributed by atoms with E-state index in [1.54, 1.807) is 4.90 Å². The molecule has 0 spiro atoms. The number of anilines is 3. The van der Waals surface area contributed by atoms with Crippen LogP contribution in [-0.4, -0.2) is 50.5 Å². The SMILES string of the molecule is C=CC(=O)N1CC[C@@H](Nc2nnc(C(N)=O)c(Nc3ccc(C)cc3)n2)[C@H]1C. The minimum Gasteiger partial charge on any atom is -0.364 e. The highest BCUT2D eigenvalue weighted by Crippen LogP contribution is 2.23. The van der Waals surface area contributed by atoms with Crippen molar-refractivity contribution in [1.29, 1.82) is 0 Å². The molecule has 4 N–H and O–H groups in total. The first-order valence-corrected chi connectivity index (χ1v) is 8.97. The molecule has 9 heteroatoms. The number of aryl methyl sites for hydroxylation is 1. The van der Waals surface area contributed by atoms with Crippen LogP contribution < -0.4 is 16.4 Å². The van der Waals surface area contributed by atoms with E-state index in [1.807, 2.05) is 38.1 Å². The summed E-state index contributed by atoms with van der Waals surface area (Å²) in [6.45, 7) is 8.08. The molecule has 28 heavy (non-hydrogen) atoms. The average molecular weight is 381 g/mol. The number of carbonyl (C=O) groups excluding carboxylic acids is 2. The first kappa shape index (κ1) is 19.3. The molecule has 2 aromatic rings. The number of primary amides is 1. The number of hydrogen-bond donors (Lipinski definition) is 3. The van der Waals surface area contributed by atoms with E-state index in [-0.39, 0.29) is 35.5 Å². The van der Waals surface area contributed by atoms with Gasteiger partial charge in [0.15, 0.2) is 11.5 Å². The average Bonchev–Trinajstić information content (AvgIpc) is 3.03. The Kier molecular flexibility index (Phi) is 5.53. The van der Waals surface area contributed by atoms with Crippen molar-refractivity contribution in [3.63, 3.8) is 0 Å². The Labute approximate surface area is 163 Å². The van der Waals surface area contributed by atoms with Gasteiger partial charge in [-0.15, -0.1) is 10.2 Å². The molecular weight excluding hydrogens is 358 g/mol. The molecule has 1 fully saturated rings. The third-order valence-corrected chi connectivity index (χ3v) is 4.76. The zero-order valence-corrected chi connectivity index (χ0v) is 15.8. The molecule has 2 heterocycles. The van der Waals surface area contributed by atoms with Crippen molar-refractivity contribution >= 4 is 29.3 Å². The van der Waals surface area contributed by atoms with E-state index >= 15 is 0 Å². The lowest BCUT2D eigenvalue weighted by atomic mass is 10.1. The maximum atomic E-state index is 11.9. The van der Waals surface area contributed by atoms with E-state index in [2.05, 4.69) is 32.4 Å². The number of rotatable bonds is 6. The normalized spacial score (nSPS) is 18.6. The number of likely N-dealkylation sites (tertiary alicyclic amines) is 1. The largest absolute Gasteiger partial charge is 0.364 e. The van der Waals surface area contributed by atoms with Gasteiger partial charge in [0.25, 0.3) is 5.91 Å². The number of nitrogens with zero attached hydrogens (tertiary/aromatic N) is 4. The van der Waals surface area contributed by atoms with Crippen LogP contribution in [0.25, 0.3) is 0 Å². The van der Waals surface area contributed by atoms with Gasteiger partial charge in [-0.25, -0.2) is 0 Å². The minimum atomic E-state index is -0.724. The number of nitrogens with one attached hydrogen (secondary N) is 2.